The Bertz CT molecular complexity index is 1220. The summed E-state index contributed by atoms with van der Waals surface area (Å²) in [4.78, 5) is 16.1. The lowest BCUT2D eigenvalue weighted by molar-refractivity contribution is 0.00258. The molecule has 0 unspecified atom stereocenters. The molecule has 1 aliphatic rings. The van der Waals surface area contributed by atoms with Crippen LogP contribution in [0, 0.1) is 0 Å². The van der Waals surface area contributed by atoms with Crippen molar-refractivity contribution < 1.29 is 9.53 Å². The number of carbonyl (C=O) groups is 1. The van der Waals surface area contributed by atoms with Gasteiger partial charge in [0.15, 0.2) is 5.82 Å². The van der Waals surface area contributed by atoms with Crippen LogP contribution < -0.4 is 11.5 Å². The van der Waals surface area contributed by atoms with E-state index in [2.05, 4.69) is 20.4 Å². The highest BCUT2D eigenvalue weighted by Gasteiger charge is 2.32. The summed E-state index contributed by atoms with van der Waals surface area (Å²) in [6.07, 6.45) is 7.38. The van der Waals surface area contributed by atoms with Crippen LogP contribution in [0.25, 0.3) is 28.2 Å². The Morgan fingerprint density at radius 1 is 1.31 bits per heavy atom. The molecule has 4 aromatic rings. The second-order valence-electron chi connectivity index (χ2n) is 7.06. The predicted molar refractivity (Wildman–Crippen MR) is 104 cm³/mol. The third-order valence-corrected chi connectivity index (χ3v) is 5.29. The van der Waals surface area contributed by atoms with Crippen LogP contribution in [0.4, 0.5) is 5.82 Å². The fourth-order valence-corrected chi connectivity index (χ4v) is 3.55. The number of fused-ring (bicyclic) bond motifs is 1. The molecule has 1 aliphatic carbocycles. The van der Waals surface area contributed by atoms with Crippen LogP contribution >= 0.6 is 0 Å². The van der Waals surface area contributed by atoms with Crippen molar-refractivity contribution >= 4 is 17.2 Å². The molecule has 0 radical (unpaired) electrons. The number of amides is 1. The molecule has 0 bridgehead atoms. The Morgan fingerprint density at radius 2 is 2.14 bits per heavy atom. The van der Waals surface area contributed by atoms with Crippen LogP contribution in [-0.4, -0.2) is 53.7 Å². The van der Waals surface area contributed by atoms with Gasteiger partial charge in [-0.3, -0.25) is 14.6 Å². The Morgan fingerprint density at radius 3 is 2.86 bits per heavy atom. The number of H-pyrrole nitrogens is 1. The number of anilines is 1. The SMILES string of the molecule is COC1CC(n2cc(-c3nc(-c4cc(C(N)=O)[nH]n4)cn4nccc34)c(N)n2)C1. The fraction of sp³-hybridized carbons (Fsp3) is 0.278. The molecule has 1 amide bonds. The van der Waals surface area contributed by atoms with Crippen LogP contribution in [0.15, 0.2) is 30.7 Å². The van der Waals surface area contributed by atoms with Crippen molar-refractivity contribution in [1.29, 1.82) is 0 Å². The molecule has 0 aromatic carbocycles. The number of hydrogen-bond donors (Lipinski definition) is 3. The van der Waals surface area contributed by atoms with E-state index in [-0.39, 0.29) is 17.8 Å². The second-order valence-corrected chi connectivity index (χ2v) is 7.06. The topological polar surface area (TPSA) is 155 Å². The number of nitrogen functional groups attached to an aromatic ring is 1. The number of hydrogen-bond acceptors (Lipinski definition) is 7. The molecule has 5 rings (SSSR count). The maximum atomic E-state index is 11.4. The normalized spacial score (nSPS) is 18.8. The highest BCUT2D eigenvalue weighted by atomic mass is 16.5. The Balaban J connectivity index is 1.59. The van der Waals surface area contributed by atoms with Crippen LogP contribution in [0.5, 0.6) is 0 Å². The van der Waals surface area contributed by atoms with E-state index in [9.17, 15) is 4.79 Å². The van der Waals surface area contributed by atoms with E-state index in [1.807, 2.05) is 16.9 Å². The summed E-state index contributed by atoms with van der Waals surface area (Å²) < 4.78 is 8.92. The second kappa shape index (κ2) is 6.41. The van der Waals surface area contributed by atoms with Crippen LogP contribution in [0.3, 0.4) is 0 Å². The number of nitrogens with zero attached hydrogens (tertiary/aromatic N) is 6. The van der Waals surface area contributed by atoms with Gasteiger partial charge in [-0.15, -0.1) is 0 Å². The van der Waals surface area contributed by atoms with Gasteiger partial charge < -0.3 is 16.2 Å². The van der Waals surface area contributed by atoms with E-state index >= 15 is 0 Å². The van der Waals surface area contributed by atoms with Gasteiger partial charge in [-0.25, -0.2) is 9.50 Å². The minimum atomic E-state index is -0.593. The summed E-state index contributed by atoms with van der Waals surface area (Å²) in [5.74, 6) is -0.206. The first-order chi connectivity index (χ1) is 14.0. The van der Waals surface area contributed by atoms with Crippen molar-refractivity contribution in [2.75, 3.05) is 12.8 Å². The summed E-state index contributed by atoms with van der Waals surface area (Å²) in [5.41, 5.74) is 14.9. The molecule has 1 saturated carbocycles. The fourth-order valence-electron chi connectivity index (χ4n) is 3.55. The molecule has 0 atom stereocenters. The molecule has 0 saturated heterocycles. The molecular formula is C18H19N9O2. The van der Waals surface area contributed by atoms with Gasteiger partial charge in [0.1, 0.15) is 22.8 Å². The van der Waals surface area contributed by atoms with Gasteiger partial charge in [-0.1, -0.05) is 0 Å². The standard InChI is InChI=1S/C18H19N9O2/c1-29-10-4-9(5-10)26-7-11(17(19)25-26)16-15-2-3-21-27(15)8-14(22-16)12-6-13(18(20)28)24-23-12/h2-3,6-10H,4-5H2,1H3,(H2,19,25)(H2,20,28)(H,23,24). The maximum Gasteiger partial charge on any atom is 0.266 e. The van der Waals surface area contributed by atoms with E-state index in [4.69, 9.17) is 21.2 Å². The van der Waals surface area contributed by atoms with Crippen molar-refractivity contribution in [3.8, 4) is 22.6 Å². The zero-order valence-electron chi connectivity index (χ0n) is 15.6. The Labute approximate surface area is 164 Å². The number of rotatable bonds is 5. The number of carbonyl (C=O) groups excluding carboxylic acids is 1. The number of nitrogens with two attached hydrogens (primary N) is 2. The minimum absolute atomic E-state index is 0.203. The van der Waals surface area contributed by atoms with Gasteiger partial charge in [0.2, 0.25) is 0 Å². The van der Waals surface area contributed by atoms with Crippen molar-refractivity contribution in [2.24, 2.45) is 5.73 Å². The van der Waals surface area contributed by atoms with Crippen molar-refractivity contribution in [3.63, 3.8) is 0 Å². The Kier molecular flexibility index (Phi) is 3.84. The third kappa shape index (κ3) is 2.83. The molecule has 148 valence electrons. The molecule has 1 fully saturated rings. The zero-order chi connectivity index (χ0) is 20.1. The lowest BCUT2D eigenvalue weighted by Crippen LogP contribution is -2.32. The van der Waals surface area contributed by atoms with E-state index in [1.54, 1.807) is 30.1 Å². The Hall–Kier alpha value is -3.73. The molecule has 11 nitrogen and oxygen atoms in total. The van der Waals surface area contributed by atoms with Crippen molar-refractivity contribution in [2.45, 2.75) is 25.0 Å². The first-order valence-corrected chi connectivity index (χ1v) is 9.11. The molecule has 4 aromatic heterocycles. The van der Waals surface area contributed by atoms with Gasteiger partial charge in [0.05, 0.1) is 35.6 Å². The van der Waals surface area contributed by atoms with Gasteiger partial charge in [-0.2, -0.15) is 15.3 Å². The summed E-state index contributed by atoms with van der Waals surface area (Å²) in [6, 6.07) is 3.66. The summed E-state index contributed by atoms with van der Waals surface area (Å²) in [5, 5.41) is 15.5. The van der Waals surface area contributed by atoms with Crippen molar-refractivity contribution in [1.82, 2.24) is 34.6 Å². The first kappa shape index (κ1) is 17.4. The average Bonchev–Trinajstić information content (AvgIpc) is 3.39. The van der Waals surface area contributed by atoms with Crippen LogP contribution in [0.1, 0.15) is 29.4 Å². The molecule has 4 heterocycles. The number of methoxy groups -OCH3 is 1. The molecule has 5 N–H and O–H groups in total. The largest absolute Gasteiger partial charge is 0.382 e. The van der Waals surface area contributed by atoms with Gasteiger partial charge in [0.25, 0.3) is 5.91 Å². The number of aromatic nitrogens is 7. The smallest absolute Gasteiger partial charge is 0.266 e. The maximum absolute atomic E-state index is 11.4. The molecule has 11 heteroatoms. The average molecular weight is 393 g/mol. The van der Waals surface area contributed by atoms with Crippen LogP contribution in [0.2, 0.25) is 0 Å². The zero-order valence-corrected chi connectivity index (χ0v) is 15.6. The minimum Gasteiger partial charge on any atom is -0.382 e. The predicted octanol–water partition coefficient (Wildman–Crippen LogP) is 1.01. The van der Waals surface area contributed by atoms with E-state index in [1.165, 1.54) is 0 Å². The molecule has 0 aliphatic heterocycles. The highest BCUT2D eigenvalue weighted by Crippen LogP contribution is 2.37. The van der Waals surface area contributed by atoms with Crippen molar-refractivity contribution in [3.05, 3.63) is 36.4 Å². The molecular weight excluding hydrogens is 374 g/mol. The molecule has 29 heavy (non-hydrogen) atoms. The lowest BCUT2D eigenvalue weighted by atomic mass is 9.89. The monoisotopic (exact) mass is 393 g/mol. The van der Waals surface area contributed by atoms with E-state index in [0.29, 0.717) is 28.5 Å². The number of primary amides is 1. The van der Waals surface area contributed by atoms with Gasteiger partial charge in [-0.05, 0) is 25.0 Å². The first-order valence-electron chi connectivity index (χ1n) is 9.11. The van der Waals surface area contributed by atoms with E-state index < -0.39 is 5.91 Å². The van der Waals surface area contributed by atoms with Gasteiger partial charge in [0, 0.05) is 13.3 Å². The van der Waals surface area contributed by atoms with E-state index in [0.717, 1.165) is 18.4 Å². The van der Waals surface area contributed by atoms with Crippen LogP contribution in [-0.2, 0) is 4.74 Å². The number of aromatic amines is 1. The number of ether oxygens (including phenoxy) is 1. The summed E-state index contributed by atoms with van der Waals surface area (Å²) >= 11 is 0. The third-order valence-electron chi connectivity index (χ3n) is 5.29. The summed E-state index contributed by atoms with van der Waals surface area (Å²) in [7, 11) is 1.72. The highest BCUT2D eigenvalue weighted by molar-refractivity contribution is 5.92. The molecule has 0 spiro atoms. The lowest BCUT2D eigenvalue weighted by Gasteiger charge is -2.34. The summed E-state index contributed by atoms with van der Waals surface area (Å²) in [6.45, 7) is 0. The number of nitrogens with one attached hydrogen (secondary N) is 1. The van der Waals surface area contributed by atoms with Gasteiger partial charge >= 0.3 is 0 Å². The quantitative estimate of drug-likeness (QED) is 0.457.